The molecule has 1 fully saturated rings. The van der Waals surface area contributed by atoms with Gasteiger partial charge in [-0.1, -0.05) is 44.9 Å². The van der Waals surface area contributed by atoms with E-state index in [-0.39, 0.29) is 51.0 Å². The van der Waals surface area contributed by atoms with Crippen molar-refractivity contribution in [2.75, 3.05) is 37.7 Å². The Kier molecular flexibility index (Phi) is 37.6. The molecule has 554 valence electrons. The molecule has 0 bridgehead atoms. The molecule has 0 aromatic carbocycles. The fourth-order valence-electron chi connectivity index (χ4n) is 10.8. The van der Waals surface area contributed by atoms with Gasteiger partial charge in [-0.05, 0) is 57.4 Å². The van der Waals surface area contributed by atoms with Crippen LogP contribution in [0.3, 0.4) is 0 Å². The summed E-state index contributed by atoms with van der Waals surface area (Å²) in [4.78, 5) is 193. The maximum atomic E-state index is 14.6. The van der Waals surface area contributed by atoms with E-state index in [1.54, 1.807) is 10.6 Å². The number of carbonyl (C=O) groups excluding carboxylic acids is 10. The number of rotatable bonds is 49. The number of carboxylic acid groups (broad SMARTS) is 5. The van der Waals surface area contributed by atoms with Gasteiger partial charge in [-0.2, -0.15) is 16.8 Å². The smallest absolute Gasteiger partial charge is 0.419 e. The number of ketones is 3. The molecule has 0 spiro atoms. The molecule has 41 heteroatoms. The molecule has 1 aliphatic heterocycles. The minimum absolute atomic E-state index is 0.00490. The molecular formula is C57H89N9O30S2. The van der Waals surface area contributed by atoms with E-state index in [0.29, 0.717) is 57.9 Å². The quantitative estimate of drug-likeness (QED) is 0.0166. The molecule has 0 radical (unpaired) electrons. The van der Waals surface area contributed by atoms with Crippen LogP contribution in [0.1, 0.15) is 142 Å². The minimum Gasteiger partial charge on any atom is -0.481 e. The largest absolute Gasteiger partial charge is 0.481 e. The van der Waals surface area contributed by atoms with Gasteiger partial charge in [0.05, 0.1) is 31.0 Å². The van der Waals surface area contributed by atoms with Crippen LogP contribution >= 0.6 is 0 Å². The number of hydrogen-bond donors (Lipinski definition) is 18. The van der Waals surface area contributed by atoms with Crippen molar-refractivity contribution in [3.63, 3.8) is 0 Å². The Bertz CT molecular complexity index is 3100. The summed E-state index contributed by atoms with van der Waals surface area (Å²) in [5, 5.41) is 81.0. The summed E-state index contributed by atoms with van der Waals surface area (Å²) in [6.45, 7) is 0.650. The first-order valence-corrected chi connectivity index (χ1v) is 34.5. The molecule has 1 heterocycles. The topological polar surface area (TPSA) is 647 Å². The molecule has 8 amide bonds. The first-order chi connectivity index (χ1) is 45.8. The van der Waals surface area contributed by atoms with E-state index < -0.39 is 231 Å². The summed E-state index contributed by atoms with van der Waals surface area (Å²) in [6.07, 6.45) is -6.62. The van der Waals surface area contributed by atoms with Gasteiger partial charge in [0.2, 0.25) is 41.2 Å². The number of amides is 8. The van der Waals surface area contributed by atoms with E-state index >= 15 is 0 Å². The Morgan fingerprint density at radius 1 is 0.592 bits per heavy atom. The molecule has 39 nitrogen and oxygen atoms in total. The van der Waals surface area contributed by atoms with Crippen LogP contribution in [0, 0.1) is 29.6 Å². The predicted molar refractivity (Wildman–Crippen MR) is 332 cm³/mol. The van der Waals surface area contributed by atoms with Gasteiger partial charge >= 0.3 is 36.1 Å². The van der Waals surface area contributed by atoms with Crippen LogP contribution in [-0.2, 0) is 92.0 Å². The van der Waals surface area contributed by atoms with Crippen molar-refractivity contribution in [1.82, 2.24) is 42.8 Å². The fraction of sp³-hybridized carbons (Fsp3) is 0.702. The first-order valence-electron chi connectivity index (χ1n) is 31.2. The lowest BCUT2D eigenvalue weighted by Crippen LogP contribution is -2.56. The third kappa shape index (κ3) is 34.6. The number of aliphatic hydroxyl groups excluding tert-OH is 2. The van der Waals surface area contributed by atoms with Gasteiger partial charge in [0.25, 0.3) is 20.2 Å². The second-order valence-electron chi connectivity index (χ2n) is 23.7. The minimum atomic E-state index is -5.14. The molecule has 98 heavy (non-hydrogen) atoms. The maximum absolute atomic E-state index is 14.6. The van der Waals surface area contributed by atoms with Crippen molar-refractivity contribution in [3.8, 4) is 0 Å². The Labute approximate surface area is 562 Å². The molecule has 2 rings (SSSR count). The second-order valence-corrected chi connectivity index (χ2v) is 26.7. The van der Waals surface area contributed by atoms with Crippen molar-refractivity contribution in [2.24, 2.45) is 35.3 Å². The van der Waals surface area contributed by atoms with Crippen LogP contribution in [-0.4, -0.2) is 231 Å². The fourth-order valence-corrected chi connectivity index (χ4v) is 12.1. The van der Waals surface area contributed by atoms with Crippen LogP contribution in [0.5, 0.6) is 0 Å². The van der Waals surface area contributed by atoms with Gasteiger partial charge in [-0.3, -0.25) is 62.5 Å². The molecule has 19 N–H and O–H groups in total. The summed E-state index contributed by atoms with van der Waals surface area (Å²) in [5.41, 5.74) is 9.74. The number of aliphatic hydroxyl groups is 2. The number of nitrogens with one attached hydrogen (secondary N) is 8. The molecule has 1 aliphatic carbocycles. The number of carbonyl (C=O) groups is 15. The lowest BCUT2D eigenvalue weighted by molar-refractivity contribution is -0.146. The summed E-state index contributed by atoms with van der Waals surface area (Å²) < 4.78 is 76.0. The van der Waals surface area contributed by atoms with Gasteiger partial charge in [0.15, 0.2) is 18.0 Å². The van der Waals surface area contributed by atoms with E-state index in [1.165, 1.54) is 13.0 Å². The Balaban J connectivity index is 2.44. The number of nitrogens with two attached hydrogens (primary N) is 1. The summed E-state index contributed by atoms with van der Waals surface area (Å²) in [7, 11) is -10.3. The normalized spacial score (nSPS) is 19.0. The Morgan fingerprint density at radius 2 is 1.09 bits per heavy atom. The van der Waals surface area contributed by atoms with Crippen molar-refractivity contribution in [1.29, 1.82) is 0 Å². The number of ether oxygens (including phenoxy) is 2. The summed E-state index contributed by atoms with van der Waals surface area (Å²) in [6, 6.07) is -7.99. The third-order valence-corrected chi connectivity index (χ3v) is 17.2. The van der Waals surface area contributed by atoms with Gasteiger partial charge in [-0.15, -0.1) is 0 Å². The summed E-state index contributed by atoms with van der Waals surface area (Å²) in [5.74, 6) is -28.2. The number of hydrogen-bond acceptors (Lipinski definition) is 24. The second kappa shape index (κ2) is 43.0. The van der Waals surface area contributed by atoms with Crippen molar-refractivity contribution in [2.45, 2.75) is 184 Å². The molecule has 0 aromatic rings. The van der Waals surface area contributed by atoms with Crippen LogP contribution in [0.2, 0.25) is 0 Å². The number of primary amides is 1. The van der Waals surface area contributed by atoms with E-state index in [9.17, 15) is 128 Å². The highest BCUT2D eigenvalue weighted by Gasteiger charge is 2.44. The number of carboxylic acids is 4. The van der Waals surface area contributed by atoms with Gasteiger partial charge < -0.3 is 82.9 Å². The zero-order chi connectivity index (χ0) is 74.0. The van der Waals surface area contributed by atoms with Crippen molar-refractivity contribution in [3.05, 3.63) is 11.8 Å². The van der Waals surface area contributed by atoms with Gasteiger partial charge in [0.1, 0.15) is 41.3 Å². The van der Waals surface area contributed by atoms with E-state index in [1.807, 2.05) is 5.43 Å². The molecule has 1 saturated carbocycles. The molecule has 0 aromatic heterocycles. The number of aliphatic carboxylic acids is 4. The number of hydrazine groups is 1. The lowest BCUT2D eigenvalue weighted by Gasteiger charge is -2.37. The van der Waals surface area contributed by atoms with Crippen LogP contribution in [0.4, 0.5) is 9.59 Å². The van der Waals surface area contributed by atoms with Crippen LogP contribution in [0.25, 0.3) is 0 Å². The first kappa shape index (κ1) is 85.6. The highest BCUT2D eigenvalue weighted by molar-refractivity contribution is 7.86. The lowest BCUT2D eigenvalue weighted by atomic mass is 9.72. The van der Waals surface area contributed by atoms with Crippen molar-refractivity contribution >= 4 is 109 Å². The average molecular weight is 1440 g/mol. The van der Waals surface area contributed by atoms with Gasteiger partial charge in [0, 0.05) is 82.3 Å². The zero-order valence-corrected chi connectivity index (χ0v) is 55.2. The number of alkyl carbamates (subject to hydrolysis) is 1. The highest BCUT2D eigenvalue weighted by atomic mass is 32.2. The average Bonchev–Trinajstić information content (AvgIpc) is 0.822. The van der Waals surface area contributed by atoms with Gasteiger partial charge in [-0.25, -0.2) is 29.4 Å². The molecule has 2 unspecified atom stereocenters. The summed E-state index contributed by atoms with van der Waals surface area (Å²) >= 11 is 0. The maximum Gasteiger partial charge on any atom is 0.419 e. The SMILES string of the molecule is CC(=O)N[C@@H]1CC=C(C(=O)O)OC1[C@H](OC(=O)NCCCCCCNC(=O)[C@H]1C[C@@H](C(=O)CCCCCCCCCNNC(=O)O)C[C@@H](C(=O)N[C@@H](CC(=O)N[C@H](CS(=O)(=O)O)C(=O)O)C(=O)C[C@H](CC(=O)N[C@H](CS(=O)(=O)O)C(=O)O)C(=O)C[C@H](CC(N)=O)C(=O)O)C1)C(O)CO. The van der Waals surface area contributed by atoms with E-state index in [2.05, 4.69) is 26.7 Å². The number of unbranched alkanes of at least 4 members (excludes halogenated alkanes) is 9. The highest BCUT2D eigenvalue weighted by Crippen LogP contribution is 2.36. The monoisotopic (exact) mass is 1440 g/mol. The third-order valence-electron chi connectivity index (χ3n) is 15.6. The molecular weight excluding hydrogens is 1350 g/mol. The molecule has 2 aliphatic rings. The Hall–Kier alpha value is -8.51. The van der Waals surface area contributed by atoms with E-state index in [4.69, 9.17) is 20.3 Å². The van der Waals surface area contributed by atoms with E-state index in [0.717, 1.165) is 19.3 Å². The zero-order valence-electron chi connectivity index (χ0n) is 53.6. The molecule has 12 atom stereocenters. The predicted octanol–water partition coefficient (Wildman–Crippen LogP) is -2.84. The van der Waals surface area contributed by atoms with Crippen LogP contribution in [0.15, 0.2) is 11.8 Å². The van der Waals surface area contributed by atoms with Crippen LogP contribution < -0.4 is 48.5 Å². The molecule has 0 saturated heterocycles. The Morgan fingerprint density at radius 3 is 1.59 bits per heavy atom. The van der Waals surface area contributed by atoms with Crippen molar-refractivity contribution < 1.29 is 143 Å². The standard InChI is InChI=1S/C57H89N9O30S2/c1-30(68)62-36-14-15-44(55(84)85)95-48(36)49(43(72)27-67)96-57(88)60-17-11-8-7-10-16-59-50(76)33-19-31(40(69)13-9-5-3-2-4-6-12-18-61-66-56(86)87)20-34(21-33)51(77)65-37(26-47(75)64-39(54(82)83)29-98(92,93)94)42(71)22-32(41(70)23-35(52(78)79)24-45(58)73)25-46(74)63-38(53(80)81)28-97(89,90)91/h15,31-39,43,48-49,61,66-67,72H,2-14,16-29H2,1H3,(H2,58,73)(H,59,76)(H,60,88)(H,62,68)(H,63,74)(H,64,75)(H,65,77)(H,78,79)(H,80,81)(H,82,83)(H,84,85)(H,86,87)(H,89,90,91)(H,92,93,94)/t31-,32-,33+,34-,35-,36-,37+,38-,39-,43?,48?,49-/m1/s1. The number of Topliss-reactive ketones (excluding diaryl/α,β-unsaturated/α-hetero) is 3.